The van der Waals surface area contributed by atoms with Gasteiger partial charge in [-0.05, 0) is 30.9 Å². The molecule has 1 rings (SSSR count). The number of aromatic nitrogens is 1. The normalized spacial score (nSPS) is 12.2. The molecule has 3 nitrogen and oxygen atoms in total. The van der Waals surface area contributed by atoms with Crippen LogP contribution in [0.1, 0.15) is 114 Å². The molecular formula is C24H41NO2. The fourth-order valence-corrected chi connectivity index (χ4v) is 3.95. The van der Waals surface area contributed by atoms with Gasteiger partial charge < -0.3 is 4.57 Å². The minimum Gasteiger partial charge on any atom is -0.345 e. The van der Waals surface area contributed by atoms with Gasteiger partial charge in [0.1, 0.15) is 0 Å². The second kappa shape index (κ2) is 15.7. The maximum Gasteiger partial charge on any atom is 0.241 e. The molecule has 0 saturated heterocycles. The summed E-state index contributed by atoms with van der Waals surface area (Å²) >= 11 is 0. The Kier molecular flexibility index (Phi) is 13.7. The Labute approximate surface area is 166 Å². The first-order valence-electron chi connectivity index (χ1n) is 11.4. The molecule has 1 aromatic heterocycles. The van der Waals surface area contributed by atoms with Gasteiger partial charge in [-0.25, -0.2) is 0 Å². The van der Waals surface area contributed by atoms with Crippen molar-refractivity contribution in [2.45, 2.75) is 110 Å². The number of hydrogen-bond acceptors (Lipinski definition) is 2. The minimum atomic E-state index is -0.414. The third-order valence-corrected chi connectivity index (χ3v) is 5.63. The monoisotopic (exact) mass is 375 g/mol. The van der Waals surface area contributed by atoms with Crippen molar-refractivity contribution < 1.29 is 9.59 Å². The molecule has 0 aromatic carbocycles. The molecule has 0 saturated carbocycles. The molecule has 1 heterocycles. The predicted molar refractivity (Wildman–Crippen MR) is 114 cm³/mol. The van der Waals surface area contributed by atoms with Crippen molar-refractivity contribution in [1.82, 2.24) is 4.57 Å². The maximum atomic E-state index is 11.7. The lowest BCUT2D eigenvalue weighted by atomic mass is 9.90. The molecule has 1 unspecified atom stereocenters. The summed E-state index contributed by atoms with van der Waals surface area (Å²) < 4.78 is 1.94. The molecule has 0 amide bonds. The van der Waals surface area contributed by atoms with E-state index in [1.807, 2.05) is 16.8 Å². The van der Waals surface area contributed by atoms with Crippen LogP contribution in [0, 0.1) is 5.92 Å². The number of carbonyl (C=O) groups excluding carboxylic acids is 2. The van der Waals surface area contributed by atoms with E-state index in [0.29, 0.717) is 12.0 Å². The van der Waals surface area contributed by atoms with Gasteiger partial charge in [0.25, 0.3) is 0 Å². The van der Waals surface area contributed by atoms with E-state index in [9.17, 15) is 9.59 Å². The molecule has 0 aliphatic heterocycles. The summed E-state index contributed by atoms with van der Waals surface area (Å²) in [5.74, 6) is 0.400. The van der Waals surface area contributed by atoms with E-state index < -0.39 is 5.78 Å². The largest absolute Gasteiger partial charge is 0.345 e. The number of carbonyl (C=O) groups is 2. The van der Waals surface area contributed by atoms with Crippen LogP contribution in [-0.2, 0) is 11.3 Å². The number of Topliss-reactive ketones (excluding diaryl/α,β-unsaturated/α-hetero) is 1. The second-order valence-corrected chi connectivity index (χ2v) is 7.98. The molecule has 0 radical (unpaired) electrons. The Morgan fingerprint density at radius 2 is 1.44 bits per heavy atom. The van der Waals surface area contributed by atoms with Crippen molar-refractivity contribution in [1.29, 1.82) is 0 Å². The van der Waals surface area contributed by atoms with E-state index in [0.717, 1.165) is 18.9 Å². The summed E-state index contributed by atoms with van der Waals surface area (Å²) in [6.07, 6.45) is 20.9. The van der Waals surface area contributed by atoms with Crippen LogP contribution in [0.2, 0.25) is 0 Å². The van der Waals surface area contributed by atoms with Gasteiger partial charge in [0.15, 0.2) is 6.29 Å². The zero-order valence-electron chi connectivity index (χ0n) is 17.8. The number of ketones is 1. The number of aryl methyl sites for hydroxylation is 1. The molecule has 3 heteroatoms. The van der Waals surface area contributed by atoms with Crippen molar-refractivity contribution >= 4 is 12.1 Å². The molecule has 27 heavy (non-hydrogen) atoms. The number of hydrogen-bond donors (Lipinski definition) is 0. The van der Waals surface area contributed by atoms with Gasteiger partial charge in [0.2, 0.25) is 5.78 Å². The van der Waals surface area contributed by atoms with Crippen molar-refractivity contribution in [3.05, 3.63) is 24.0 Å². The molecular weight excluding hydrogens is 334 g/mol. The predicted octanol–water partition coefficient (Wildman–Crippen LogP) is 6.99. The summed E-state index contributed by atoms with van der Waals surface area (Å²) in [7, 11) is 0. The first-order valence-corrected chi connectivity index (χ1v) is 11.4. The first-order chi connectivity index (χ1) is 13.2. The highest BCUT2D eigenvalue weighted by Crippen LogP contribution is 2.23. The third kappa shape index (κ3) is 10.5. The summed E-state index contributed by atoms with van der Waals surface area (Å²) in [6, 6.07) is 3.60. The lowest BCUT2D eigenvalue weighted by molar-refractivity contribution is -0.104. The van der Waals surface area contributed by atoms with E-state index in [1.165, 1.54) is 83.5 Å². The van der Waals surface area contributed by atoms with Crippen LogP contribution in [0.3, 0.4) is 0 Å². The molecule has 0 spiro atoms. The molecule has 0 N–H and O–H groups in total. The lowest BCUT2D eigenvalue weighted by Gasteiger charge is -2.17. The van der Waals surface area contributed by atoms with Crippen molar-refractivity contribution in [2.75, 3.05) is 0 Å². The van der Waals surface area contributed by atoms with Gasteiger partial charge >= 0.3 is 0 Å². The van der Waals surface area contributed by atoms with Crippen LogP contribution in [0.5, 0.6) is 0 Å². The molecule has 1 aromatic rings. The van der Waals surface area contributed by atoms with Crippen LogP contribution in [0.4, 0.5) is 0 Å². The van der Waals surface area contributed by atoms with Gasteiger partial charge in [-0.3, -0.25) is 9.59 Å². The number of rotatable bonds is 18. The highest BCUT2D eigenvalue weighted by Gasteiger charge is 2.12. The standard InChI is InChI=1S/C24H41NO2/c1-3-5-7-9-10-12-16-22(15-11-8-6-4-2)17-13-19-25-20-14-18-23(25)24(27)21-26/h14,18,20-22H,3-13,15-17,19H2,1-2H3. The molecule has 1 atom stereocenters. The van der Waals surface area contributed by atoms with E-state index in [1.54, 1.807) is 6.07 Å². The number of nitrogens with zero attached hydrogens (tertiary/aromatic N) is 1. The second-order valence-electron chi connectivity index (χ2n) is 7.98. The Morgan fingerprint density at radius 1 is 0.889 bits per heavy atom. The average Bonchev–Trinajstić information content (AvgIpc) is 3.15. The van der Waals surface area contributed by atoms with Crippen LogP contribution in [0.15, 0.2) is 18.3 Å². The van der Waals surface area contributed by atoms with Crippen LogP contribution in [0.25, 0.3) is 0 Å². The molecule has 0 bridgehead atoms. The first kappa shape index (κ1) is 23.7. The Hall–Kier alpha value is -1.38. The highest BCUT2D eigenvalue weighted by atomic mass is 16.2. The fraction of sp³-hybridized carbons (Fsp3) is 0.750. The summed E-state index contributed by atoms with van der Waals surface area (Å²) in [6.45, 7) is 5.37. The third-order valence-electron chi connectivity index (χ3n) is 5.63. The Morgan fingerprint density at radius 3 is 2.07 bits per heavy atom. The number of aldehydes is 1. The molecule has 0 aliphatic carbocycles. The highest BCUT2D eigenvalue weighted by molar-refractivity contribution is 6.32. The average molecular weight is 376 g/mol. The molecule has 0 fully saturated rings. The fourth-order valence-electron chi connectivity index (χ4n) is 3.95. The molecule has 0 aliphatic rings. The summed E-state index contributed by atoms with van der Waals surface area (Å²) in [4.78, 5) is 22.4. The van der Waals surface area contributed by atoms with Crippen molar-refractivity contribution in [2.24, 2.45) is 5.92 Å². The van der Waals surface area contributed by atoms with E-state index >= 15 is 0 Å². The topological polar surface area (TPSA) is 39.1 Å². The Bertz CT molecular complexity index is 506. The zero-order valence-corrected chi connectivity index (χ0v) is 17.8. The Balaban J connectivity index is 2.37. The van der Waals surface area contributed by atoms with E-state index in [2.05, 4.69) is 13.8 Å². The SMILES string of the molecule is CCCCCCCCC(CCCCCC)CCCn1cccc1C(=O)C=O. The van der Waals surface area contributed by atoms with Gasteiger partial charge in [-0.15, -0.1) is 0 Å². The van der Waals surface area contributed by atoms with Crippen LogP contribution >= 0.6 is 0 Å². The van der Waals surface area contributed by atoms with Crippen LogP contribution < -0.4 is 0 Å². The van der Waals surface area contributed by atoms with Crippen LogP contribution in [-0.4, -0.2) is 16.6 Å². The smallest absolute Gasteiger partial charge is 0.241 e. The lowest BCUT2D eigenvalue weighted by Crippen LogP contribution is -2.11. The van der Waals surface area contributed by atoms with Gasteiger partial charge in [0, 0.05) is 12.7 Å². The van der Waals surface area contributed by atoms with Gasteiger partial charge in [-0.1, -0.05) is 90.9 Å². The van der Waals surface area contributed by atoms with Crippen molar-refractivity contribution in [3.8, 4) is 0 Å². The number of unbranched alkanes of at least 4 members (excludes halogenated alkanes) is 8. The van der Waals surface area contributed by atoms with Gasteiger partial charge in [-0.2, -0.15) is 0 Å². The maximum absolute atomic E-state index is 11.7. The quantitative estimate of drug-likeness (QED) is 0.120. The summed E-state index contributed by atoms with van der Waals surface area (Å²) in [5, 5.41) is 0. The van der Waals surface area contributed by atoms with Crippen molar-refractivity contribution in [3.63, 3.8) is 0 Å². The molecule has 154 valence electrons. The van der Waals surface area contributed by atoms with E-state index in [4.69, 9.17) is 0 Å². The summed E-state index contributed by atoms with van der Waals surface area (Å²) in [5.41, 5.74) is 0.528. The van der Waals surface area contributed by atoms with Gasteiger partial charge in [0.05, 0.1) is 5.69 Å². The minimum absolute atomic E-state index is 0.414. The zero-order chi connectivity index (χ0) is 19.7. The van der Waals surface area contributed by atoms with E-state index in [-0.39, 0.29) is 0 Å².